The molecule has 112 valence electrons. The molecule has 0 radical (unpaired) electrons. The van der Waals surface area contributed by atoms with Crippen molar-refractivity contribution in [2.75, 3.05) is 0 Å². The fourth-order valence-electron chi connectivity index (χ4n) is 1.97. The van der Waals surface area contributed by atoms with Crippen molar-refractivity contribution in [3.05, 3.63) is 71.7 Å². The first-order valence-corrected chi connectivity index (χ1v) is 6.92. The minimum Gasteiger partial charge on any atom is -0.457 e. The molecule has 3 aromatic rings. The summed E-state index contributed by atoms with van der Waals surface area (Å²) in [6.45, 7) is 0.341. The molecule has 0 bridgehead atoms. The monoisotopic (exact) mass is 317 g/mol. The van der Waals surface area contributed by atoms with E-state index in [-0.39, 0.29) is 5.76 Å². The van der Waals surface area contributed by atoms with Gasteiger partial charge in [0.1, 0.15) is 18.8 Å². The number of halogens is 1. The van der Waals surface area contributed by atoms with E-state index in [1.165, 1.54) is 12.6 Å². The van der Waals surface area contributed by atoms with Gasteiger partial charge < -0.3 is 9.15 Å². The van der Waals surface area contributed by atoms with Crippen molar-refractivity contribution < 1.29 is 13.9 Å². The minimum atomic E-state index is -0.537. The average Bonchev–Trinajstić information content (AvgIpc) is 3.21. The van der Waals surface area contributed by atoms with Crippen LogP contribution in [0.4, 0.5) is 0 Å². The quantitative estimate of drug-likeness (QED) is 0.676. The lowest BCUT2D eigenvalue weighted by atomic mass is 10.1. The summed E-state index contributed by atoms with van der Waals surface area (Å²) in [5.41, 5.74) is 0.805. The Labute approximate surface area is 131 Å². The van der Waals surface area contributed by atoms with E-state index in [1.807, 2.05) is 0 Å². The number of nitrogens with zero attached hydrogens (tertiary/aromatic N) is 3. The van der Waals surface area contributed by atoms with Gasteiger partial charge in [-0.3, -0.25) is 0 Å². The number of aromatic nitrogens is 3. The second-order valence-corrected chi connectivity index (χ2v) is 4.98. The Balaban J connectivity index is 1.82. The van der Waals surface area contributed by atoms with Gasteiger partial charge in [0, 0.05) is 5.02 Å². The van der Waals surface area contributed by atoms with Crippen LogP contribution in [-0.2, 0) is 11.3 Å². The second kappa shape index (κ2) is 6.44. The third-order valence-electron chi connectivity index (χ3n) is 3.03. The zero-order valence-corrected chi connectivity index (χ0v) is 12.2. The van der Waals surface area contributed by atoms with Crippen molar-refractivity contribution in [2.24, 2.45) is 0 Å². The third-order valence-corrected chi connectivity index (χ3v) is 3.28. The Kier molecular flexibility index (Phi) is 4.20. The summed E-state index contributed by atoms with van der Waals surface area (Å²) < 4.78 is 12.2. The maximum absolute atomic E-state index is 12.1. The molecule has 1 aromatic carbocycles. The highest BCUT2D eigenvalue weighted by atomic mass is 35.5. The van der Waals surface area contributed by atoms with Gasteiger partial charge in [0.05, 0.1) is 12.8 Å². The molecule has 2 heterocycles. The molecule has 1 unspecified atom stereocenters. The zero-order valence-electron chi connectivity index (χ0n) is 11.4. The largest absolute Gasteiger partial charge is 0.457 e. The molecule has 0 aliphatic heterocycles. The fourth-order valence-corrected chi connectivity index (χ4v) is 2.09. The van der Waals surface area contributed by atoms with Crippen LogP contribution >= 0.6 is 11.6 Å². The van der Waals surface area contributed by atoms with Gasteiger partial charge in [-0.1, -0.05) is 23.7 Å². The normalized spacial score (nSPS) is 12.0. The molecule has 0 amide bonds. The van der Waals surface area contributed by atoms with Crippen LogP contribution < -0.4 is 0 Å². The highest BCUT2D eigenvalue weighted by Crippen LogP contribution is 2.23. The van der Waals surface area contributed by atoms with Crippen LogP contribution in [0.1, 0.15) is 22.2 Å². The first-order valence-electron chi connectivity index (χ1n) is 6.55. The second-order valence-electron chi connectivity index (χ2n) is 4.54. The topological polar surface area (TPSA) is 70.2 Å². The summed E-state index contributed by atoms with van der Waals surface area (Å²) >= 11 is 5.90. The smallest absolute Gasteiger partial charge is 0.374 e. The van der Waals surface area contributed by atoms with E-state index in [9.17, 15) is 4.79 Å². The molecule has 0 spiro atoms. The average molecular weight is 318 g/mol. The van der Waals surface area contributed by atoms with Crippen molar-refractivity contribution >= 4 is 17.6 Å². The Morgan fingerprint density at radius 3 is 2.77 bits per heavy atom. The SMILES string of the molecule is O=C(OC(Cn1cncn1)c1ccc(Cl)cc1)c1ccco1. The number of esters is 1. The van der Waals surface area contributed by atoms with E-state index < -0.39 is 12.1 Å². The van der Waals surface area contributed by atoms with Gasteiger partial charge in [-0.25, -0.2) is 14.5 Å². The summed E-state index contributed by atoms with van der Waals surface area (Å²) in [7, 11) is 0. The van der Waals surface area contributed by atoms with E-state index in [2.05, 4.69) is 10.1 Å². The van der Waals surface area contributed by atoms with Gasteiger partial charge in [-0.15, -0.1) is 0 Å². The first kappa shape index (κ1) is 14.3. The molecule has 6 nitrogen and oxygen atoms in total. The number of rotatable bonds is 5. The predicted molar refractivity (Wildman–Crippen MR) is 78.3 cm³/mol. The summed E-state index contributed by atoms with van der Waals surface area (Å²) in [6, 6.07) is 10.3. The Morgan fingerprint density at radius 2 is 2.14 bits per heavy atom. The molecule has 1 atom stereocenters. The molecular formula is C15H12ClN3O3. The van der Waals surface area contributed by atoms with E-state index in [1.54, 1.807) is 47.4 Å². The number of ether oxygens (including phenoxy) is 1. The number of carbonyl (C=O) groups is 1. The summed E-state index contributed by atoms with van der Waals surface area (Å²) in [4.78, 5) is 16.0. The fraction of sp³-hybridized carbons (Fsp3) is 0.133. The van der Waals surface area contributed by atoms with Gasteiger partial charge >= 0.3 is 5.97 Å². The number of hydrogen-bond acceptors (Lipinski definition) is 5. The zero-order chi connectivity index (χ0) is 15.4. The highest BCUT2D eigenvalue weighted by Gasteiger charge is 2.20. The Hall–Kier alpha value is -2.60. The standard InChI is InChI=1S/C15H12ClN3O3/c16-12-5-3-11(4-6-12)14(8-19-10-17-9-18-19)22-15(20)13-2-1-7-21-13/h1-7,9-10,14H,8H2. The Morgan fingerprint density at radius 1 is 1.32 bits per heavy atom. The molecule has 3 rings (SSSR count). The van der Waals surface area contributed by atoms with Gasteiger partial charge in [-0.05, 0) is 29.8 Å². The van der Waals surface area contributed by atoms with Gasteiger partial charge in [0.2, 0.25) is 5.76 Å². The van der Waals surface area contributed by atoms with Crippen molar-refractivity contribution in [3.63, 3.8) is 0 Å². The van der Waals surface area contributed by atoms with E-state index in [0.29, 0.717) is 11.6 Å². The maximum atomic E-state index is 12.1. The van der Waals surface area contributed by atoms with Crippen molar-refractivity contribution in [1.82, 2.24) is 14.8 Å². The van der Waals surface area contributed by atoms with Crippen LogP contribution in [0.5, 0.6) is 0 Å². The van der Waals surface area contributed by atoms with Crippen LogP contribution in [0, 0.1) is 0 Å². The van der Waals surface area contributed by atoms with Crippen LogP contribution in [0.3, 0.4) is 0 Å². The van der Waals surface area contributed by atoms with Crippen LogP contribution in [-0.4, -0.2) is 20.7 Å². The lowest BCUT2D eigenvalue weighted by molar-refractivity contribution is 0.0211. The Bertz CT molecular complexity index is 724. The van der Waals surface area contributed by atoms with E-state index in [0.717, 1.165) is 5.56 Å². The first-order chi connectivity index (χ1) is 10.7. The highest BCUT2D eigenvalue weighted by molar-refractivity contribution is 6.30. The molecule has 0 N–H and O–H groups in total. The third kappa shape index (κ3) is 3.35. The minimum absolute atomic E-state index is 0.151. The van der Waals surface area contributed by atoms with Crippen LogP contribution in [0.15, 0.2) is 59.7 Å². The molecule has 22 heavy (non-hydrogen) atoms. The summed E-state index contributed by atoms with van der Waals surface area (Å²) in [5.74, 6) is -0.386. The lowest BCUT2D eigenvalue weighted by Crippen LogP contribution is -2.17. The van der Waals surface area contributed by atoms with Gasteiger partial charge in [0.25, 0.3) is 0 Å². The van der Waals surface area contributed by atoms with Crippen molar-refractivity contribution in [1.29, 1.82) is 0 Å². The van der Waals surface area contributed by atoms with Gasteiger partial charge in [-0.2, -0.15) is 5.10 Å². The summed E-state index contributed by atoms with van der Waals surface area (Å²) in [6.07, 6.45) is 3.87. The summed E-state index contributed by atoms with van der Waals surface area (Å²) in [5, 5.41) is 4.65. The molecule has 0 aliphatic carbocycles. The van der Waals surface area contributed by atoms with Crippen LogP contribution in [0.2, 0.25) is 5.02 Å². The predicted octanol–water partition coefficient (Wildman–Crippen LogP) is 3.12. The molecule has 0 saturated heterocycles. The number of carbonyl (C=O) groups excluding carboxylic acids is 1. The van der Waals surface area contributed by atoms with Crippen molar-refractivity contribution in [2.45, 2.75) is 12.6 Å². The van der Waals surface area contributed by atoms with Gasteiger partial charge in [0.15, 0.2) is 0 Å². The molecule has 0 fully saturated rings. The maximum Gasteiger partial charge on any atom is 0.374 e. The lowest BCUT2D eigenvalue weighted by Gasteiger charge is -2.17. The number of hydrogen-bond donors (Lipinski definition) is 0. The molecule has 0 aliphatic rings. The molecule has 7 heteroatoms. The molecular weight excluding hydrogens is 306 g/mol. The van der Waals surface area contributed by atoms with E-state index >= 15 is 0 Å². The molecule has 2 aromatic heterocycles. The number of furan rings is 1. The van der Waals surface area contributed by atoms with E-state index in [4.69, 9.17) is 20.8 Å². The molecule has 0 saturated carbocycles. The number of benzene rings is 1. The van der Waals surface area contributed by atoms with Crippen LogP contribution in [0.25, 0.3) is 0 Å². The van der Waals surface area contributed by atoms with Crippen molar-refractivity contribution in [3.8, 4) is 0 Å².